The van der Waals surface area contributed by atoms with Gasteiger partial charge in [0.1, 0.15) is 12.0 Å². The molecule has 194 valence electrons. The summed E-state index contributed by atoms with van der Waals surface area (Å²) >= 11 is 0. The molecule has 35 heavy (non-hydrogen) atoms. The Hall–Kier alpha value is -2.42. The van der Waals surface area contributed by atoms with Crippen LogP contribution in [0.15, 0.2) is 46.6 Å². The van der Waals surface area contributed by atoms with Crippen molar-refractivity contribution in [1.82, 2.24) is 4.98 Å². The molecule has 2 rings (SSSR count). The van der Waals surface area contributed by atoms with Crippen LogP contribution in [0.4, 0.5) is 0 Å². The van der Waals surface area contributed by atoms with Crippen LogP contribution in [-0.4, -0.2) is 46.2 Å². The van der Waals surface area contributed by atoms with E-state index in [1.54, 1.807) is 7.11 Å². The number of ether oxygens (including phenoxy) is 3. The van der Waals surface area contributed by atoms with Crippen LogP contribution >= 0.6 is 0 Å². The standard InChI is InChI=1S/C27H41NO6Si/c1-19(14-15-32-17-21-10-12-22(30-6)13-11-21)16-24(34-35(8,9)27(3,4)5)20(2)25-28-23(18-33-25)26(29)31-7/h10-13,16,18,20,24H,14-15,17H2,1-9H3/b19-16+/t20-,24+/m0/s1. The molecule has 0 aliphatic heterocycles. The summed E-state index contributed by atoms with van der Waals surface area (Å²) in [6, 6.07) is 7.88. The van der Waals surface area contributed by atoms with Gasteiger partial charge in [-0.05, 0) is 49.2 Å². The van der Waals surface area contributed by atoms with E-state index < -0.39 is 14.3 Å². The predicted molar refractivity (Wildman–Crippen MR) is 139 cm³/mol. The van der Waals surface area contributed by atoms with E-state index in [-0.39, 0.29) is 22.8 Å². The average Bonchev–Trinajstić information content (AvgIpc) is 3.30. The Bertz CT molecular complexity index is 974. The number of nitrogens with zero attached hydrogens (tertiary/aromatic N) is 1. The number of oxazole rings is 1. The van der Waals surface area contributed by atoms with Crippen molar-refractivity contribution in [2.75, 3.05) is 20.8 Å². The lowest BCUT2D eigenvalue weighted by Crippen LogP contribution is -2.44. The molecule has 0 fully saturated rings. The fraction of sp³-hybridized carbons (Fsp3) is 0.556. The summed E-state index contributed by atoms with van der Waals surface area (Å²) in [5, 5.41) is 0.0436. The van der Waals surface area contributed by atoms with Gasteiger partial charge in [-0.1, -0.05) is 51.5 Å². The van der Waals surface area contributed by atoms with E-state index in [1.165, 1.54) is 13.4 Å². The lowest BCUT2D eigenvalue weighted by molar-refractivity contribution is 0.0593. The quantitative estimate of drug-likeness (QED) is 0.141. The largest absolute Gasteiger partial charge is 0.497 e. The fourth-order valence-electron chi connectivity index (χ4n) is 3.14. The minimum Gasteiger partial charge on any atom is -0.497 e. The molecule has 0 bridgehead atoms. The first-order valence-electron chi connectivity index (χ1n) is 12.0. The zero-order valence-corrected chi connectivity index (χ0v) is 23.6. The van der Waals surface area contributed by atoms with Crippen LogP contribution in [0.25, 0.3) is 0 Å². The van der Waals surface area contributed by atoms with Crippen LogP contribution in [-0.2, 0) is 20.5 Å². The molecular weight excluding hydrogens is 462 g/mol. The Labute approximate surface area is 211 Å². The molecule has 0 saturated heterocycles. The van der Waals surface area contributed by atoms with Gasteiger partial charge in [-0.15, -0.1) is 0 Å². The second-order valence-electron chi connectivity index (χ2n) is 10.4. The van der Waals surface area contributed by atoms with Crippen molar-refractivity contribution in [2.45, 2.75) is 77.8 Å². The molecule has 0 aliphatic rings. The minimum atomic E-state index is -2.09. The van der Waals surface area contributed by atoms with Crippen molar-refractivity contribution >= 4 is 14.3 Å². The number of rotatable bonds is 12. The topological polar surface area (TPSA) is 80.0 Å². The Balaban J connectivity index is 2.10. The first-order chi connectivity index (χ1) is 16.4. The molecule has 0 aliphatic carbocycles. The Morgan fingerprint density at radius 2 is 1.83 bits per heavy atom. The second-order valence-corrected chi connectivity index (χ2v) is 15.1. The minimum absolute atomic E-state index is 0.0436. The second kappa shape index (κ2) is 12.5. The first kappa shape index (κ1) is 28.8. The van der Waals surface area contributed by atoms with Gasteiger partial charge in [-0.25, -0.2) is 9.78 Å². The van der Waals surface area contributed by atoms with Crippen LogP contribution in [0, 0.1) is 0 Å². The summed E-state index contributed by atoms with van der Waals surface area (Å²) in [6.45, 7) is 16.3. The highest BCUT2D eigenvalue weighted by Crippen LogP contribution is 2.39. The van der Waals surface area contributed by atoms with E-state index in [9.17, 15) is 4.79 Å². The van der Waals surface area contributed by atoms with Crippen molar-refractivity contribution in [3.05, 3.63) is 59.3 Å². The maximum atomic E-state index is 11.8. The van der Waals surface area contributed by atoms with Gasteiger partial charge in [0, 0.05) is 0 Å². The molecule has 2 atom stereocenters. The highest BCUT2D eigenvalue weighted by molar-refractivity contribution is 6.74. The maximum absolute atomic E-state index is 11.8. The Morgan fingerprint density at radius 3 is 2.40 bits per heavy atom. The Morgan fingerprint density at radius 1 is 1.17 bits per heavy atom. The van der Waals surface area contributed by atoms with E-state index in [2.05, 4.69) is 51.8 Å². The maximum Gasteiger partial charge on any atom is 0.360 e. The van der Waals surface area contributed by atoms with E-state index in [0.717, 1.165) is 23.3 Å². The van der Waals surface area contributed by atoms with E-state index in [1.807, 2.05) is 31.2 Å². The van der Waals surface area contributed by atoms with Crippen molar-refractivity contribution in [3.8, 4) is 5.75 Å². The number of carbonyl (C=O) groups excluding carboxylic acids is 1. The normalized spacial score (nSPS) is 14.5. The highest BCUT2D eigenvalue weighted by atomic mass is 28.4. The van der Waals surface area contributed by atoms with Gasteiger partial charge in [-0.2, -0.15) is 0 Å². The lowest BCUT2D eigenvalue weighted by Gasteiger charge is -2.39. The van der Waals surface area contributed by atoms with Gasteiger partial charge >= 0.3 is 5.97 Å². The van der Waals surface area contributed by atoms with Crippen LogP contribution in [0.5, 0.6) is 5.75 Å². The van der Waals surface area contributed by atoms with Gasteiger partial charge in [0.15, 0.2) is 14.0 Å². The smallest absolute Gasteiger partial charge is 0.360 e. The predicted octanol–water partition coefficient (Wildman–Crippen LogP) is 6.52. The zero-order valence-electron chi connectivity index (χ0n) is 22.6. The van der Waals surface area contributed by atoms with Gasteiger partial charge < -0.3 is 23.1 Å². The highest BCUT2D eigenvalue weighted by Gasteiger charge is 2.40. The summed E-state index contributed by atoms with van der Waals surface area (Å²) in [6.07, 6.45) is 4.01. The number of methoxy groups -OCH3 is 2. The molecule has 0 radical (unpaired) electrons. The van der Waals surface area contributed by atoms with E-state index in [0.29, 0.717) is 19.1 Å². The van der Waals surface area contributed by atoms with Gasteiger partial charge in [0.2, 0.25) is 5.89 Å². The molecule has 7 nitrogen and oxygen atoms in total. The number of hydrogen-bond acceptors (Lipinski definition) is 7. The molecule has 1 heterocycles. The van der Waals surface area contributed by atoms with Gasteiger partial charge in [0.05, 0.1) is 39.5 Å². The third-order valence-electron chi connectivity index (χ3n) is 6.55. The summed E-state index contributed by atoms with van der Waals surface area (Å²) < 4.78 is 28.3. The number of benzene rings is 1. The molecule has 2 aromatic rings. The molecule has 0 saturated carbocycles. The molecule has 0 amide bonds. The molecule has 1 aromatic heterocycles. The van der Waals surface area contributed by atoms with Crippen LogP contribution in [0.1, 0.15) is 68.9 Å². The van der Waals surface area contributed by atoms with Crippen molar-refractivity contribution in [2.24, 2.45) is 0 Å². The fourth-order valence-corrected chi connectivity index (χ4v) is 4.45. The SMILES string of the molecule is COC(=O)c1coc([C@@H](C)[C@@H](/C=C(\C)CCOCc2ccc(OC)cc2)O[Si](C)(C)C(C)(C)C)n1. The number of carbonyl (C=O) groups is 1. The molecule has 0 N–H and O–H groups in total. The molecular formula is C27H41NO6Si. The first-order valence-corrected chi connectivity index (χ1v) is 14.9. The summed E-state index contributed by atoms with van der Waals surface area (Å²) in [5.74, 6) is 0.584. The molecule has 0 unspecified atom stereocenters. The zero-order chi connectivity index (χ0) is 26.2. The third kappa shape index (κ3) is 8.33. The van der Waals surface area contributed by atoms with E-state index in [4.69, 9.17) is 23.1 Å². The van der Waals surface area contributed by atoms with Crippen molar-refractivity contribution < 1.29 is 27.8 Å². The Kier molecular flexibility index (Phi) is 10.3. The van der Waals surface area contributed by atoms with Crippen LogP contribution in [0.3, 0.4) is 0 Å². The number of hydrogen-bond donors (Lipinski definition) is 0. The van der Waals surface area contributed by atoms with E-state index >= 15 is 0 Å². The van der Waals surface area contributed by atoms with Crippen LogP contribution < -0.4 is 4.74 Å². The third-order valence-corrected chi connectivity index (χ3v) is 11.0. The summed E-state index contributed by atoms with van der Waals surface area (Å²) in [5.41, 5.74) is 2.42. The average molecular weight is 504 g/mol. The van der Waals surface area contributed by atoms with Crippen LogP contribution in [0.2, 0.25) is 18.1 Å². The lowest BCUT2D eigenvalue weighted by atomic mass is 10.0. The number of esters is 1. The molecule has 8 heteroatoms. The summed E-state index contributed by atoms with van der Waals surface area (Å²) in [7, 11) is 0.892. The van der Waals surface area contributed by atoms with Gasteiger partial charge in [0.25, 0.3) is 0 Å². The summed E-state index contributed by atoms with van der Waals surface area (Å²) in [4.78, 5) is 16.2. The van der Waals surface area contributed by atoms with Crippen molar-refractivity contribution in [3.63, 3.8) is 0 Å². The molecule has 0 spiro atoms. The van der Waals surface area contributed by atoms with Gasteiger partial charge in [-0.3, -0.25) is 0 Å². The number of aromatic nitrogens is 1. The monoisotopic (exact) mass is 503 g/mol. The molecule has 1 aromatic carbocycles. The van der Waals surface area contributed by atoms with Crippen molar-refractivity contribution in [1.29, 1.82) is 0 Å².